The maximum Gasteiger partial charge on any atom is 0.408 e. The number of nitrogens with one attached hydrogen (secondary N) is 4. The molecule has 0 aliphatic carbocycles. The molecule has 63 heavy (non-hydrogen) atoms. The number of imidazole rings is 2. The van der Waals surface area contributed by atoms with Gasteiger partial charge in [-0.1, -0.05) is 71.7 Å². The largest absolute Gasteiger partial charge is 0.453 e. The van der Waals surface area contributed by atoms with E-state index in [-0.39, 0.29) is 17.9 Å². The number of nitrogens with zero attached hydrogens (tertiary/aromatic N) is 4. The quantitative estimate of drug-likeness (QED) is 0.0888. The van der Waals surface area contributed by atoms with Crippen molar-refractivity contribution in [3.8, 4) is 33.6 Å². The van der Waals surface area contributed by atoms with Crippen LogP contribution in [0.5, 0.6) is 0 Å². The molecule has 8 atom stereocenters. The van der Waals surface area contributed by atoms with E-state index in [9.17, 15) is 19.2 Å². The first-order chi connectivity index (χ1) is 30.1. The lowest BCUT2D eigenvalue weighted by atomic mass is 10.0. The Labute approximate surface area is 375 Å². The lowest BCUT2D eigenvalue weighted by Crippen LogP contribution is -2.71. The van der Waals surface area contributed by atoms with Gasteiger partial charge in [0.2, 0.25) is 5.91 Å². The minimum Gasteiger partial charge on any atom is -0.453 e. The van der Waals surface area contributed by atoms with Crippen molar-refractivity contribution in [3.63, 3.8) is 0 Å². The third-order valence-corrected chi connectivity index (χ3v) is 12.6. The van der Waals surface area contributed by atoms with Crippen molar-refractivity contribution in [3.05, 3.63) is 70.5 Å². The number of carbonyl (C=O) groups excluding carboxylic acids is 4. The number of hydrogen-bond acceptors (Lipinski definition) is 12. The number of rotatable bonds is 15. The van der Waals surface area contributed by atoms with E-state index in [1.807, 2.05) is 55.5 Å². The number of aromatic amines is 2. The summed E-state index contributed by atoms with van der Waals surface area (Å²) in [5.74, 6) is 0.123. The molecule has 6 N–H and O–H groups in total. The standard InChI is InChI=1S/C43H55Cl2N9O9/c1-22-9-18-30(54(22)40(56)43(46,24(3)61-6)52-42(58)63-8)37-47-33(35(44)50-37)28-14-10-26(11-15-28)27-12-16-29(17-13-27)34-36(45)51-38(48-34)31-19-25(21-59-4)20-53(31)39(55)32(23(2)60-5)49-41(57)62-7/h10-17,22-25,30-32H,9,18-21,46H2,1-8H3,(H,47,50)(H,48,51)(H,49,57)(H,52,58)/t22-,23+,24+,25-,30-,31-,32-,43-/m0/s1. The summed E-state index contributed by atoms with van der Waals surface area (Å²) >= 11 is 13.5. The molecule has 0 spiro atoms. The third-order valence-electron chi connectivity index (χ3n) is 12.0. The fraction of sp³-hybridized carbons (Fsp3) is 0.488. The van der Waals surface area contributed by atoms with Crippen molar-refractivity contribution >= 4 is 47.2 Å². The molecule has 2 aliphatic heterocycles. The number of alkyl carbamates (subject to hydrolysis) is 2. The van der Waals surface area contributed by atoms with Crippen molar-refractivity contribution < 1.29 is 42.9 Å². The molecule has 2 fully saturated rings. The zero-order chi connectivity index (χ0) is 45.7. The van der Waals surface area contributed by atoms with Gasteiger partial charge in [0.25, 0.3) is 5.91 Å². The van der Waals surface area contributed by atoms with E-state index in [4.69, 9.17) is 62.6 Å². The highest BCUT2D eigenvalue weighted by molar-refractivity contribution is 6.32. The predicted octanol–water partition coefficient (Wildman–Crippen LogP) is 5.83. The Morgan fingerprint density at radius 3 is 1.83 bits per heavy atom. The summed E-state index contributed by atoms with van der Waals surface area (Å²) in [4.78, 5) is 71.9. The van der Waals surface area contributed by atoms with Crippen LogP contribution in [0.15, 0.2) is 48.5 Å². The molecule has 340 valence electrons. The Balaban J connectivity index is 1.19. The summed E-state index contributed by atoms with van der Waals surface area (Å²) in [6.07, 6.45) is -1.32. The van der Waals surface area contributed by atoms with Crippen LogP contribution in [0.25, 0.3) is 33.6 Å². The number of H-pyrrole nitrogens is 2. The average molecular weight is 913 g/mol. The molecule has 0 saturated carbocycles. The van der Waals surface area contributed by atoms with Gasteiger partial charge in [-0.05, 0) is 51.2 Å². The summed E-state index contributed by atoms with van der Waals surface area (Å²) < 4.78 is 25.8. The minimum atomic E-state index is -1.91. The second kappa shape index (κ2) is 20.1. The molecule has 0 unspecified atom stereocenters. The van der Waals surface area contributed by atoms with Crippen molar-refractivity contribution in [1.82, 2.24) is 40.4 Å². The van der Waals surface area contributed by atoms with E-state index in [1.54, 1.807) is 30.8 Å². The fourth-order valence-electron chi connectivity index (χ4n) is 8.28. The maximum atomic E-state index is 14.1. The van der Waals surface area contributed by atoms with Crippen LogP contribution in [0.4, 0.5) is 9.59 Å². The first-order valence-electron chi connectivity index (χ1n) is 20.5. The molecule has 4 heterocycles. The smallest absolute Gasteiger partial charge is 0.408 e. The summed E-state index contributed by atoms with van der Waals surface area (Å²) in [6.45, 7) is 6.01. The average Bonchev–Trinajstić information content (AvgIpc) is 4.09. The summed E-state index contributed by atoms with van der Waals surface area (Å²) in [6, 6.07) is 13.3. The number of likely N-dealkylation sites (tertiary alicyclic amines) is 2. The van der Waals surface area contributed by atoms with Gasteiger partial charge in [0, 0.05) is 51.0 Å². The Bertz CT molecular complexity index is 2260. The number of nitrogens with two attached hydrogens (primary N) is 1. The molecular formula is C43H55Cl2N9O9. The normalized spacial score (nSPS) is 21.1. The SMILES string of the molecule is COC[C@H]1C[C@@H](c2nc(-c3ccc(-c4ccc(-c5nc([C@@H]6CC[C@H](C)N6C(=O)[C@@](N)(NC(=O)OC)[C@@H](C)OC)[nH]c5Cl)cc4)cc3)c(Cl)[nH]2)N(C(=O)[C@@H](NC(=O)OC)[C@@H](C)OC)C1. The molecule has 2 aliphatic rings. The Hall–Kier alpha value is -5.24. The van der Waals surface area contributed by atoms with Gasteiger partial charge in [-0.3, -0.25) is 20.6 Å². The molecule has 2 saturated heterocycles. The van der Waals surface area contributed by atoms with E-state index < -0.39 is 54.1 Å². The van der Waals surface area contributed by atoms with E-state index >= 15 is 0 Å². The number of amides is 4. The molecule has 4 amide bonds. The predicted molar refractivity (Wildman–Crippen MR) is 235 cm³/mol. The number of ether oxygens (including phenoxy) is 5. The van der Waals surface area contributed by atoms with E-state index in [2.05, 4.69) is 20.6 Å². The van der Waals surface area contributed by atoms with Crippen LogP contribution in [-0.2, 0) is 33.3 Å². The van der Waals surface area contributed by atoms with Gasteiger partial charge < -0.3 is 48.8 Å². The zero-order valence-corrected chi connectivity index (χ0v) is 38.0. The first kappa shape index (κ1) is 47.2. The number of hydrogen-bond donors (Lipinski definition) is 5. The Morgan fingerprint density at radius 1 is 0.810 bits per heavy atom. The van der Waals surface area contributed by atoms with Crippen LogP contribution >= 0.6 is 23.2 Å². The number of aromatic nitrogens is 4. The lowest BCUT2D eigenvalue weighted by molar-refractivity contribution is -0.147. The van der Waals surface area contributed by atoms with Gasteiger partial charge in [-0.2, -0.15) is 0 Å². The van der Waals surface area contributed by atoms with Crippen LogP contribution in [0.3, 0.4) is 0 Å². The molecular weight excluding hydrogens is 857 g/mol. The van der Waals surface area contributed by atoms with Gasteiger partial charge in [0.15, 0.2) is 5.66 Å². The second-order valence-electron chi connectivity index (χ2n) is 15.9. The van der Waals surface area contributed by atoms with Crippen LogP contribution in [0, 0.1) is 5.92 Å². The lowest BCUT2D eigenvalue weighted by Gasteiger charge is -2.39. The summed E-state index contributed by atoms with van der Waals surface area (Å²) in [5.41, 5.74) is 9.06. The van der Waals surface area contributed by atoms with Crippen molar-refractivity contribution in [1.29, 1.82) is 0 Å². The van der Waals surface area contributed by atoms with Crippen LogP contribution in [-0.4, -0.2) is 132 Å². The Kier molecular flexibility index (Phi) is 15.1. The molecule has 6 rings (SSSR count). The number of methoxy groups -OCH3 is 5. The molecule has 0 bridgehead atoms. The van der Waals surface area contributed by atoms with E-state index in [1.165, 1.54) is 28.4 Å². The Morgan fingerprint density at radius 2 is 1.33 bits per heavy atom. The van der Waals surface area contributed by atoms with Crippen molar-refractivity contribution in [2.24, 2.45) is 11.7 Å². The molecule has 18 nitrogen and oxygen atoms in total. The molecule has 4 aromatic rings. The maximum absolute atomic E-state index is 14.1. The highest BCUT2D eigenvalue weighted by Gasteiger charge is 2.50. The van der Waals surface area contributed by atoms with Crippen molar-refractivity contribution in [2.45, 2.75) is 82.1 Å². The second-order valence-corrected chi connectivity index (χ2v) is 16.6. The first-order valence-corrected chi connectivity index (χ1v) is 21.2. The molecule has 2 aromatic carbocycles. The van der Waals surface area contributed by atoms with Gasteiger partial charge in [0.05, 0.1) is 39.0 Å². The minimum absolute atomic E-state index is 0.0163. The third kappa shape index (κ3) is 9.80. The summed E-state index contributed by atoms with van der Waals surface area (Å²) in [5, 5.41) is 5.71. The molecule has 2 aromatic heterocycles. The number of benzene rings is 2. The van der Waals surface area contributed by atoms with Gasteiger partial charge in [0.1, 0.15) is 45.5 Å². The van der Waals surface area contributed by atoms with Crippen LogP contribution < -0.4 is 16.4 Å². The zero-order valence-electron chi connectivity index (χ0n) is 36.5. The highest BCUT2D eigenvalue weighted by atomic mass is 35.5. The van der Waals surface area contributed by atoms with E-state index in [0.29, 0.717) is 65.8 Å². The van der Waals surface area contributed by atoms with Crippen molar-refractivity contribution in [2.75, 3.05) is 48.7 Å². The number of carbonyl (C=O) groups is 4. The fourth-order valence-corrected chi connectivity index (χ4v) is 8.78. The highest BCUT2D eigenvalue weighted by Crippen LogP contribution is 2.41. The summed E-state index contributed by atoms with van der Waals surface area (Å²) in [7, 11) is 6.91. The van der Waals surface area contributed by atoms with Crippen LogP contribution in [0.2, 0.25) is 10.3 Å². The molecule has 0 radical (unpaired) electrons. The van der Waals surface area contributed by atoms with Gasteiger partial charge in [-0.15, -0.1) is 0 Å². The van der Waals surface area contributed by atoms with Crippen LogP contribution in [0.1, 0.15) is 63.8 Å². The monoisotopic (exact) mass is 911 g/mol. The number of halogens is 2. The van der Waals surface area contributed by atoms with Gasteiger partial charge >= 0.3 is 12.2 Å². The topological polar surface area (TPSA) is 228 Å². The molecule has 20 heteroatoms. The van der Waals surface area contributed by atoms with E-state index in [0.717, 1.165) is 22.3 Å². The van der Waals surface area contributed by atoms with Gasteiger partial charge in [-0.25, -0.2) is 19.6 Å².